The minimum atomic E-state index is 0.131. The number of nitrogens with two attached hydrogens (primary N) is 2. The molecule has 0 bridgehead atoms. The molecule has 2 nitrogen and oxygen atoms in total. The van der Waals surface area contributed by atoms with Gasteiger partial charge in [-0.3, -0.25) is 0 Å². The Balaban J connectivity index is 2.12. The third-order valence-electron chi connectivity index (χ3n) is 3.17. The second-order valence-corrected chi connectivity index (χ2v) is 4.50. The van der Waals surface area contributed by atoms with Crippen molar-refractivity contribution < 1.29 is 0 Å². The first-order chi connectivity index (χ1) is 8.31. The molecule has 0 saturated heterocycles. The van der Waals surface area contributed by atoms with Crippen molar-refractivity contribution in [2.45, 2.75) is 25.3 Å². The highest BCUT2D eigenvalue weighted by atomic mass is 14.6. The zero-order valence-electron chi connectivity index (χ0n) is 10.1. The third-order valence-corrected chi connectivity index (χ3v) is 3.17. The van der Waals surface area contributed by atoms with Crippen molar-refractivity contribution in [1.82, 2.24) is 0 Å². The molecule has 2 rings (SSSR count). The number of unbranched alkanes of at least 4 members (excludes halogenated alkanes) is 1. The summed E-state index contributed by atoms with van der Waals surface area (Å²) in [6.07, 6.45) is 3.17. The lowest BCUT2D eigenvalue weighted by atomic mass is 9.99. The smallest absolute Gasteiger partial charge is 0.0295 e. The second kappa shape index (κ2) is 5.80. The SMILES string of the molecule is NCCCC[C@@H](N)c1ccc2ccccc2c1. The summed E-state index contributed by atoms with van der Waals surface area (Å²) in [7, 11) is 0. The van der Waals surface area contributed by atoms with Crippen molar-refractivity contribution >= 4 is 10.8 Å². The molecule has 0 heterocycles. The first kappa shape index (κ1) is 12.1. The van der Waals surface area contributed by atoms with Gasteiger partial charge < -0.3 is 11.5 Å². The first-order valence-electron chi connectivity index (χ1n) is 6.25. The summed E-state index contributed by atoms with van der Waals surface area (Å²) in [5, 5.41) is 2.53. The molecule has 0 aliphatic rings. The fourth-order valence-corrected chi connectivity index (χ4v) is 2.11. The van der Waals surface area contributed by atoms with Crippen LogP contribution in [0, 0.1) is 0 Å². The Bertz CT molecular complexity index is 479. The highest BCUT2D eigenvalue weighted by Gasteiger charge is 2.05. The Hall–Kier alpha value is -1.38. The monoisotopic (exact) mass is 228 g/mol. The van der Waals surface area contributed by atoms with Gasteiger partial charge in [-0.2, -0.15) is 0 Å². The zero-order chi connectivity index (χ0) is 12.1. The van der Waals surface area contributed by atoms with Crippen molar-refractivity contribution in [2.24, 2.45) is 11.5 Å². The van der Waals surface area contributed by atoms with E-state index in [2.05, 4.69) is 42.5 Å². The molecule has 2 aromatic rings. The van der Waals surface area contributed by atoms with Gasteiger partial charge in [0.15, 0.2) is 0 Å². The fraction of sp³-hybridized carbons (Fsp3) is 0.333. The van der Waals surface area contributed by atoms with Gasteiger partial charge in [0.2, 0.25) is 0 Å². The summed E-state index contributed by atoms with van der Waals surface area (Å²) in [5.74, 6) is 0. The molecule has 0 fully saturated rings. The molecule has 0 aliphatic heterocycles. The van der Waals surface area contributed by atoms with Gasteiger partial charge in [-0.05, 0) is 41.8 Å². The Morgan fingerprint density at radius 2 is 1.71 bits per heavy atom. The van der Waals surface area contributed by atoms with Gasteiger partial charge in [0, 0.05) is 6.04 Å². The van der Waals surface area contributed by atoms with Gasteiger partial charge in [0.1, 0.15) is 0 Å². The minimum Gasteiger partial charge on any atom is -0.330 e. The Labute approximate surface area is 103 Å². The molecule has 90 valence electrons. The van der Waals surface area contributed by atoms with Crippen LogP contribution in [0.2, 0.25) is 0 Å². The Morgan fingerprint density at radius 1 is 0.941 bits per heavy atom. The standard InChI is InChI=1S/C15H20N2/c16-10-4-3-7-15(17)14-9-8-12-5-1-2-6-13(12)11-14/h1-2,5-6,8-9,11,15H,3-4,7,10,16-17H2/t15-/m1/s1. The van der Waals surface area contributed by atoms with E-state index < -0.39 is 0 Å². The number of hydrogen-bond donors (Lipinski definition) is 2. The predicted octanol–water partition coefficient (Wildman–Crippen LogP) is 2.97. The summed E-state index contributed by atoms with van der Waals surface area (Å²) < 4.78 is 0. The number of rotatable bonds is 5. The average molecular weight is 228 g/mol. The highest BCUT2D eigenvalue weighted by Crippen LogP contribution is 2.22. The molecule has 2 heteroatoms. The molecule has 0 spiro atoms. The van der Waals surface area contributed by atoms with Crippen LogP contribution < -0.4 is 11.5 Å². The van der Waals surface area contributed by atoms with Crippen LogP contribution in [-0.2, 0) is 0 Å². The fourth-order valence-electron chi connectivity index (χ4n) is 2.11. The molecular formula is C15H20N2. The van der Waals surface area contributed by atoms with Crippen LogP contribution in [0.25, 0.3) is 10.8 Å². The van der Waals surface area contributed by atoms with Crippen molar-refractivity contribution in [3.8, 4) is 0 Å². The van der Waals surface area contributed by atoms with Gasteiger partial charge in [0.05, 0.1) is 0 Å². The molecule has 1 atom stereocenters. The van der Waals surface area contributed by atoms with E-state index in [-0.39, 0.29) is 6.04 Å². The number of hydrogen-bond acceptors (Lipinski definition) is 2. The molecule has 0 radical (unpaired) electrons. The molecule has 0 aliphatic carbocycles. The Kier molecular flexibility index (Phi) is 4.13. The van der Waals surface area contributed by atoms with Gasteiger partial charge in [0.25, 0.3) is 0 Å². The maximum atomic E-state index is 6.19. The van der Waals surface area contributed by atoms with E-state index in [9.17, 15) is 0 Å². The van der Waals surface area contributed by atoms with Crippen LogP contribution in [0.15, 0.2) is 42.5 Å². The molecule has 0 amide bonds. The Morgan fingerprint density at radius 3 is 2.47 bits per heavy atom. The zero-order valence-corrected chi connectivity index (χ0v) is 10.1. The van der Waals surface area contributed by atoms with Crippen LogP contribution >= 0.6 is 0 Å². The van der Waals surface area contributed by atoms with Crippen LogP contribution in [0.1, 0.15) is 30.9 Å². The molecule has 0 saturated carbocycles. The third kappa shape index (κ3) is 3.05. The summed E-state index contributed by atoms with van der Waals surface area (Å²) in [6.45, 7) is 0.754. The lowest BCUT2D eigenvalue weighted by Crippen LogP contribution is -2.11. The molecule has 2 aromatic carbocycles. The van der Waals surface area contributed by atoms with Crippen LogP contribution in [-0.4, -0.2) is 6.54 Å². The topological polar surface area (TPSA) is 52.0 Å². The second-order valence-electron chi connectivity index (χ2n) is 4.50. The highest BCUT2D eigenvalue weighted by molar-refractivity contribution is 5.83. The molecule has 0 unspecified atom stereocenters. The quantitative estimate of drug-likeness (QED) is 0.773. The molecule has 0 aromatic heterocycles. The predicted molar refractivity (Wildman–Crippen MR) is 73.8 cm³/mol. The normalized spacial score (nSPS) is 12.8. The van der Waals surface area contributed by atoms with E-state index in [1.54, 1.807) is 0 Å². The molecule has 17 heavy (non-hydrogen) atoms. The van der Waals surface area contributed by atoms with Crippen LogP contribution in [0.5, 0.6) is 0 Å². The van der Waals surface area contributed by atoms with Crippen molar-refractivity contribution in [3.05, 3.63) is 48.0 Å². The lowest BCUT2D eigenvalue weighted by molar-refractivity contribution is 0.591. The van der Waals surface area contributed by atoms with E-state index in [1.165, 1.54) is 16.3 Å². The van der Waals surface area contributed by atoms with E-state index in [0.29, 0.717) is 0 Å². The maximum Gasteiger partial charge on any atom is 0.0295 e. The van der Waals surface area contributed by atoms with E-state index in [0.717, 1.165) is 25.8 Å². The number of fused-ring (bicyclic) bond motifs is 1. The largest absolute Gasteiger partial charge is 0.330 e. The van der Waals surface area contributed by atoms with E-state index in [1.807, 2.05) is 0 Å². The van der Waals surface area contributed by atoms with Crippen LogP contribution in [0.3, 0.4) is 0 Å². The van der Waals surface area contributed by atoms with Gasteiger partial charge in [-0.25, -0.2) is 0 Å². The summed E-state index contributed by atoms with van der Waals surface area (Å²) in [5.41, 5.74) is 12.9. The van der Waals surface area contributed by atoms with Gasteiger partial charge in [-0.1, -0.05) is 42.8 Å². The molecule has 4 N–H and O–H groups in total. The lowest BCUT2D eigenvalue weighted by Gasteiger charge is -2.12. The molecular weight excluding hydrogens is 208 g/mol. The van der Waals surface area contributed by atoms with Crippen molar-refractivity contribution in [2.75, 3.05) is 6.54 Å². The summed E-state index contributed by atoms with van der Waals surface area (Å²) in [4.78, 5) is 0. The van der Waals surface area contributed by atoms with Crippen molar-refractivity contribution in [1.29, 1.82) is 0 Å². The number of benzene rings is 2. The first-order valence-corrected chi connectivity index (χ1v) is 6.25. The van der Waals surface area contributed by atoms with Gasteiger partial charge >= 0.3 is 0 Å². The van der Waals surface area contributed by atoms with Gasteiger partial charge in [-0.15, -0.1) is 0 Å². The summed E-state index contributed by atoms with van der Waals surface area (Å²) >= 11 is 0. The van der Waals surface area contributed by atoms with Crippen molar-refractivity contribution in [3.63, 3.8) is 0 Å². The average Bonchev–Trinajstić information content (AvgIpc) is 2.38. The summed E-state index contributed by atoms with van der Waals surface area (Å²) in [6, 6.07) is 15.0. The van der Waals surface area contributed by atoms with E-state index >= 15 is 0 Å². The van der Waals surface area contributed by atoms with E-state index in [4.69, 9.17) is 11.5 Å². The van der Waals surface area contributed by atoms with Crippen LogP contribution in [0.4, 0.5) is 0 Å². The maximum absolute atomic E-state index is 6.19. The minimum absolute atomic E-state index is 0.131.